The van der Waals surface area contributed by atoms with Crippen LogP contribution in [-0.4, -0.2) is 19.6 Å². The van der Waals surface area contributed by atoms with Gasteiger partial charge in [-0.25, -0.2) is 14.5 Å². The van der Waals surface area contributed by atoms with E-state index in [0.29, 0.717) is 12.3 Å². The molecule has 0 saturated heterocycles. The van der Waals surface area contributed by atoms with Gasteiger partial charge in [0.25, 0.3) is 0 Å². The summed E-state index contributed by atoms with van der Waals surface area (Å²) in [5, 5.41) is 9.40. The van der Waals surface area contributed by atoms with Crippen molar-refractivity contribution in [1.82, 2.24) is 14.5 Å². The minimum Gasteiger partial charge on any atom is -0.508 e. The summed E-state index contributed by atoms with van der Waals surface area (Å²) in [4.78, 5) is 9.08. The number of imidazole rings is 1. The molecule has 0 unspecified atom stereocenters. The Morgan fingerprint density at radius 2 is 1.91 bits per heavy atom. The lowest BCUT2D eigenvalue weighted by molar-refractivity contribution is 0.475. The Bertz CT molecular complexity index is 909. The highest BCUT2D eigenvalue weighted by molar-refractivity contribution is 5.73. The summed E-state index contributed by atoms with van der Waals surface area (Å²) in [5.74, 6) is 1.79. The van der Waals surface area contributed by atoms with Crippen LogP contribution in [0.15, 0.2) is 65.4 Å². The molecular weight excluding hydrogens is 278 g/mol. The molecule has 5 nitrogen and oxygen atoms in total. The van der Waals surface area contributed by atoms with Gasteiger partial charge in [0.15, 0.2) is 5.65 Å². The fraction of sp³-hybridized carbons (Fsp3) is 0.0588. The summed E-state index contributed by atoms with van der Waals surface area (Å²) in [6.07, 6.45) is 4.00. The number of aromatic nitrogens is 3. The van der Waals surface area contributed by atoms with E-state index in [4.69, 9.17) is 4.42 Å². The zero-order valence-corrected chi connectivity index (χ0v) is 11.7. The molecule has 0 atom stereocenters. The van der Waals surface area contributed by atoms with Crippen LogP contribution >= 0.6 is 0 Å². The Balaban J connectivity index is 1.86. The third kappa shape index (κ3) is 2.13. The first-order valence-corrected chi connectivity index (χ1v) is 6.95. The monoisotopic (exact) mass is 291 g/mol. The van der Waals surface area contributed by atoms with E-state index in [0.717, 1.165) is 22.6 Å². The predicted octanol–water partition coefficient (Wildman–Crippen LogP) is 3.31. The lowest BCUT2D eigenvalue weighted by Crippen LogP contribution is -2.02. The molecule has 3 aromatic heterocycles. The van der Waals surface area contributed by atoms with E-state index in [1.165, 1.54) is 0 Å². The first-order valence-electron chi connectivity index (χ1n) is 6.95. The van der Waals surface area contributed by atoms with Crippen molar-refractivity contribution in [3.63, 3.8) is 0 Å². The maximum Gasteiger partial charge on any atom is 0.206 e. The summed E-state index contributed by atoms with van der Waals surface area (Å²) < 4.78 is 7.45. The molecule has 0 aliphatic carbocycles. The fourth-order valence-corrected chi connectivity index (χ4v) is 2.50. The Morgan fingerprint density at radius 3 is 2.68 bits per heavy atom. The number of benzene rings is 1. The highest BCUT2D eigenvalue weighted by Crippen LogP contribution is 2.22. The van der Waals surface area contributed by atoms with Crippen molar-refractivity contribution in [3.8, 4) is 11.6 Å². The van der Waals surface area contributed by atoms with E-state index in [-0.39, 0.29) is 5.75 Å². The van der Waals surface area contributed by atoms with Crippen LogP contribution in [-0.2, 0) is 6.42 Å². The fourth-order valence-electron chi connectivity index (χ4n) is 2.50. The summed E-state index contributed by atoms with van der Waals surface area (Å²) in [5.41, 5.74) is 2.65. The van der Waals surface area contributed by atoms with Crippen LogP contribution in [0, 0.1) is 0 Å². The van der Waals surface area contributed by atoms with Crippen LogP contribution in [0.1, 0.15) is 11.4 Å². The number of nitrogens with zero attached hydrogens (tertiary/aromatic N) is 3. The van der Waals surface area contributed by atoms with Crippen molar-refractivity contribution in [1.29, 1.82) is 0 Å². The molecular formula is C17H13N3O2. The molecule has 0 aliphatic heterocycles. The van der Waals surface area contributed by atoms with E-state index in [1.807, 2.05) is 41.0 Å². The minimum atomic E-state index is 0.255. The maximum atomic E-state index is 9.40. The molecule has 0 amide bonds. The number of rotatable bonds is 3. The van der Waals surface area contributed by atoms with Gasteiger partial charge in [-0.3, -0.25) is 0 Å². The van der Waals surface area contributed by atoms with Crippen molar-refractivity contribution >= 4 is 11.2 Å². The zero-order chi connectivity index (χ0) is 14.9. The van der Waals surface area contributed by atoms with E-state index < -0.39 is 0 Å². The van der Waals surface area contributed by atoms with Crippen LogP contribution in [0.25, 0.3) is 17.0 Å². The van der Waals surface area contributed by atoms with Gasteiger partial charge in [-0.05, 0) is 35.9 Å². The molecule has 0 spiro atoms. The molecule has 0 saturated carbocycles. The third-order valence-corrected chi connectivity index (χ3v) is 3.51. The maximum absolute atomic E-state index is 9.40. The standard InChI is InChI=1S/C17H13N3O2/c21-13-7-5-12(6-8-13)11-15-19-14-3-1-9-18-17(14)20(15)16-4-2-10-22-16/h1-10,21H,11H2. The largest absolute Gasteiger partial charge is 0.508 e. The SMILES string of the molecule is Oc1ccc(Cc2nc3cccnc3n2-c2ccco2)cc1. The number of furan rings is 1. The first kappa shape index (κ1) is 12.6. The van der Waals surface area contributed by atoms with Crippen molar-refractivity contribution in [2.45, 2.75) is 6.42 Å². The molecule has 5 heteroatoms. The molecule has 108 valence electrons. The van der Waals surface area contributed by atoms with Crippen LogP contribution < -0.4 is 0 Å². The number of aromatic hydroxyl groups is 1. The molecule has 4 rings (SSSR count). The van der Waals surface area contributed by atoms with Gasteiger partial charge < -0.3 is 9.52 Å². The second-order valence-electron chi connectivity index (χ2n) is 5.00. The summed E-state index contributed by atoms with van der Waals surface area (Å²) in [6, 6.07) is 14.6. The van der Waals surface area contributed by atoms with E-state index >= 15 is 0 Å². The number of phenols is 1. The Morgan fingerprint density at radius 1 is 1.05 bits per heavy atom. The quantitative estimate of drug-likeness (QED) is 0.629. The second kappa shape index (κ2) is 5.04. The summed E-state index contributed by atoms with van der Waals surface area (Å²) in [6.45, 7) is 0. The van der Waals surface area contributed by atoms with Gasteiger partial charge in [-0.1, -0.05) is 12.1 Å². The number of pyridine rings is 1. The van der Waals surface area contributed by atoms with Gasteiger partial charge in [0.2, 0.25) is 5.88 Å². The van der Waals surface area contributed by atoms with E-state index in [2.05, 4.69) is 9.97 Å². The topological polar surface area (TPSA) is 64.1 Å². The molecule has 4 aromatic rings. The molecule has 3 heterocycles. The number of fused-ring (bicyclic) bond motifs is 1. The molecule has 0 fully saturated rings. The smallest absolute Gasteiger partial charge is 0.206 e. The highest BCUT2D eigenvalue weighted by atomic mass is 16.3. The van der Waals surface area contributed by atoms with Gasteiger partial charge in [0.1, 0.15) is 17.1 Å². The molecule has 0 aliphatic rings. The normalized spacial score (nSPS) is 11.1. The van der Waals surface area contributed by atoms with E-state index in [1.54, 1.807) is 24.6 Å². The van der Waals surface area contributed by atoms with Crippen molar-refractivity contribution in [2.75, 3.05) is 0 Å². The lowest BCUT2D eigenvalue weighted by atomic mass is 10.1. The number of hydrogen-bond donors (Lipinski definition) is 1. The Hall–Kier alpha value is -3.08. The summed E-state index contributed by atoms with van der Waals surface area (Å²) >= 11 is 0. The Kier molecular flexibility index (Phi) is 2.89. The van der Waals surface area contributed by atoms with E-state index in [9.17, 15) is 5.11 Å². The highest BCUT2D eigenvalue weighted by Gasteiger charge is 2.15. The van der Waals surface area contributed by atoms with Gasteiger partial charge in [-0.15, -0.1) is 0 Å². The van der Waals surface area contributed by atoms with Crippen LogP contribution in [0.5, 0.6) is 5.75 Å². The second-order valence-corrected chi connectivity index (χ2v) is 5.00. The molecule has 1 N–H and O–H groups in total. The van der Waals surface area contributed by atoms with Crippen LogP contribution in [0.3, 0.4) is 0 Å². The molecule has 1 aromatic carbocycles. The number of hydrogen-bond acceptors (Lipinski definition) is 4. The predicted molar refractivity (Wildman–Crippen MR) is 82.0 cm³/mol. The van der Waals surface area contributed by atoms with Gasteiger partial charge in [-0.2, -0.15) is 0 Å². The lowest BCUT2D eigenvalue weighted by Gasteiger charge is -2.05. The molecule has 0 bridgehead atoms. The molecule has 22 heavy (non-hydrogen) atoms. The van der Waals surface area contributed by atoms with Crippen molar-refractivity contribution in [3.05, 3.63) is 72.4 Å². The van der Waals surface area contributed by atoms with Crippen LogP contribution in [0.2, 0.25) is 0 Å². The van der Waals surface area contributed by atoms with Gasteiger partial charge in [0.05, 0.1) is 6.26 Å². The summed E-state index contributed by atoms with van der Waals surface area (Å²) in [7, 11) is 0. The molecule has 0 radical (unpaired) electrons. The van der Waals surface area contributed by atoms with Crippen LogP contribution in [0.4, 0.5) is 0 Å². The third-order valence-electron chi connectivity index (χ3n) is 3.51. The van der Waals surface area contributed by atoms with Gasteiger partial charge in [0, 0.05) is 18.7 Å². The minimum absolute atomic E-state index is 0.255. The Labute approximate surface area is 126 Å². The van der Waals surface area contributed by atoms with Crippen molar-refractivity contribution < 1.29 is 9.52 Å². The average molecular weight is 291 g/mol. The van der Waals surface area contributed by atoms with Gasteiger partial charge >= 0.3 is 0 Å². The van der Waals surface area contributed by atoms with Crippen molar-refractivity contribution in [2.24, 2.45) is 0 Å². The average Bonchev–Trinajstić information content (AvgIpc) is 3.16. The zero-order valence-electron chi connectivity index (χ0n) is 11.7. The number of phenolic OH excluding ortho intramolecular Hbond substituents is 1. The first-order chi connectivity index (χ1) is 10.8.